The molecule has 0 aromatic carbocycles. The molecular formula is C4H9N6O+. The van der Waals surface area contributed by atoms with Gasteiger partial charge in [-0.15, -0.1) is 0 Å². The Kier molecular flexibility index (Phi) is 2.09. The van der Waals surface area contributed by atoms with E-state index in [1.165, 1.54) is 9.59 Å². The van der Waals surface area contributed by atoms with Gasteiger partial charge in [-0.1, -0.05) is 16.9 Å². The Bertz CT molecular complexity index is 265. The molecule has 1 heterocycles. The Hall–Kier alpha value is -1.53. The topological polar surface area (TPSA) is 80.1 Å². The quantitative estimate of drug-likeness (QED) is 0.178. The first kappa shape index (κ1) is 7.58. The lowest BCUT2D eigenvalue weighted by atomic mass is 10.5. The van der Waals surface area contributed by atoms with Crippen LogP contribution in [0.5, 0.6) is 0 Å². The number of nitrogens with zero attached hydrogens (tertiary/aromatic N) is 6. The number of oxime groups is 1. The normalized spacial score (nSPS) is 12.0. The van der Waals surface area contributed by atoms with Gasteiger partial charge in [0.2, 0.25) is 16.3 Å². The monoisotopic (exact) mass is 157 g/mol. The molecule has 1 N–H and O–H groups in total. The van der Waals surface area contributed by atoms with Crippen LogP contribution in [0.3, 0.4) is 0 Å². The zero-order valence-corrected chi connectivity index (χ0v) is 6.34. The van der Waals surface area contributed by atoms with Crippen LogP contribution in [0.25, 0.3) is 0 Å². The van der Waals surface area contributed by atoms with Gasteiger partial charge in [0, 0.05) is 11.2 Å². The van der Waals surface area contributed by atoms with Crippen molar-refractivity contribution in [2.75, 3.05) is 0 Å². The van der Waals surface area contributed by atoms with Gasteiger partial charge in [0.15, 0.2) is 0 Å². The van der Waals surface area contributed by atoms with Crippen molar-refractivity contribution in [3.63, 3.8) is 0 Å². The first-order valence-corrected chi connectivity index (χ1v) is 3.16. The first-order valence-electron chi connectivity index (χ1n) is 3.16. The minimum Gasteiger partial charge on any atom is -0.409 e. The second-order valence-electron chi connectivity index (χ2n) is 1.92. The molecule has 7 heteroatoms. The minimum absolute atomic E-state index is 0.400. The molecule has 0 amide bonds. The van der Waals surface area contributed by atoms with Crippen LogP contribution in [-0.2, 0) is 7.05 Å². The molecule has 0 saturated carbocycles. The molecule has 0 aliphatic rings. The Morgan fingerprint density at radius 1 is 1.73 bits per heavy atom. The SMILES string of the molecule is CC/C(=N\O)n1nnn[n+]1C. The van der Waals surface area contributed by atoms with Gasteiger partial charge >= 0.3 is 0 Å². The maximum Gasteiger partial charge on any atom is 0.231 e. The highest BCUT2D eigenvalue weighted by Gasteiger charge is 2.12. The molecule has 0 aliphatic heterocycles. The molecule has 0 spiro atoms. The van der Waals surface area contributed by atoms with Crippen molar-refractivity contribution in [3.8, 4) is 0 Å². The van der Waals surface area contributed by atoms with Crippen molar-refractivity contribution in [2.24, 2.45) is 12.2 Å². The van der Waals surface area contributed by atoms with Crippen molar-refractivity contribution < 1.29 is 10.0 Å². The zero-order chi connectivity index (χ0) is 8.27. The van der Waals surface area contributed by atoms with Gasteiger partial charge in [-0.25, -0.2) is 0 Å². The predicted molar refractivity (Wildman–Crippen MR) is 33.9 cm³/mol. The Balaban J connectivity index is 3.00. The lowest BCUT2D eigenvalue weighted by Gasteiger charge is -1.92. The van der Waals surface area contributed by atoms with Gasteiger partial charge in [0.05, 0.1) is 0 Å². The van der Waals surface area contributed by atoms with E-state index >= 15 is 0 Å². The lowest BCUT2D eigenvalue weighted by molar-refractivity contribution is -0.799. The fourth-order valence-electron chi connectivity index (χ4n) is 0.680. The van der Waals surface area contributed by atoms with Crippen LogP contribution in [0.15, 0.2) is 5.16 Å². The highest BCUT2D eigenvalue weighted by Crippen LogP contribution is 1.82. The van der Waals surface area contributed by atoms with Crippen LogP contribution in [0.2, 0.25) is 0 Å². The van der Waals surface area contributed by atoms with Crippen molar-refractivity contribution >= 4 is 5.84 Å². The van der Waals surface area contributed by atoms with E-state index in [2.05, 4.69) is 20.8 Å². The number of aromatic nitrogens is 5. The van der Waals surface area contributed by atoms with Gasteiger partial charge in [-0.05, 0) is 0 Å². The van der Waals surface area contributed by atoms with Gasteiger partial charge in [-0.2, -0.15) is 0 Å². The number of aryl methyl sites for hydroxylation is 1. The average molecular weight is 157 g/mol. The summed E-state index contributed by atoms with van der Waals surface area (Å²) in [5.41, 5.74) is 0. The van der Waals surface area contributed by atoms with E-state index in [-0.39, 0.29) is 0 Å². The minimum atomic E-state index is 0.400. The van der Waals surface area contributed by atoms with E-state index < -0.39 is 0 Å². The van der Waals surface area contributed by atoms with Crippen LogP contribution >= 0.6 is 0 Å². The standard InChI is InChI=1S/C4H8N6O/c1-3-4(5-11)10-8-6-7-9(10)2/h3H2,1-2H3/p+1/b5-4+. The summed E-state index contributed by atoms with van der Waals surface area (Å²) in [6, 6.07) is 0. The summed E-state index contributed by atoms with van der Waals surface area (Å²) < 4.78 is 0. The van der Waals surface area contributed by atoms with E-state index in [0.717, 1.165) is 0 Å². The maximum absolute atomic E-state index is 8.48. The Labute approximate surface area is 62.9 Å². The van der Waals surface area contributed by atoms with Crippen molar-refractivity contribution in [2.45, 2.75) is 13.3 Å². The summed E-state index contributed by atoms with van der Waals surface area (Å²) in [6.07, 6.45) is 0.565. The van der Waals surface area contributed by atoms with Crippen LogP contribution < -0.4 is 4.80 Å². The van der Waals surface area contributed by atoms with E-state index in [4.69, 9.17) is 5.21 Å². The van der Waals surface area contributed by atoms with Crippen LogP contribution in [0.4, 0.5) is 0 Å². The third kappa shape index (κ3) is 1.31. The molecule has 11 heavy (non-hydrogen) atoms. The molecule has 1 aromatic heterocycles. The number of rotatable bonds is 1. The highest BCUT2D eigenvalue weighted by atomic mass is 16.4. The van der Waals surface area contributed by atoms with Gasteiger partial charge in [0.1, 0.15) is 12.3 Å². The average Bonchev–Trinajstić information content (AvgIpc) is 2.40. The third-order valence-corrected chi connectivity index (χ3v) is 1.23. The Morgan fingerprint density at radius 3 is 2.82 bits per heavy atom. The number of hydrogen-bond donors (Lipinski definition) is 1. The molecular weight excluding hydrogens is 148 g/mol. The van der Waals surface area contributed by atoms with E-state index in [1.54, 1.807) is 7.05 Å². The lowest BCUT2D eigenvalue weighted by Crippen LogP contribution is -2.45. The van der Waals surface area contributed by atoms with Crippen molar-refractivity contribution in [1.29, 1.82) is 0 Å². The largest absolute Gasteiger partial charge is 0.409 e. The highest BCUT2D eigenvalue weighted by molar-refractivity contribution is 5.80. The first-order chi connectivity index (χ1) is 5.29. The fraction of sp³-hybridized carbons (Fsp3) is 0.750. The molecule has 0 aliphatic carbocycles. The molecule has 60 valence electrons. The fourth-order valence-corrected chi connectivity index (χ4v) is 0.680. The van der Waals surface area contributed by atoms with E-state index in [1.807, 2.05) is 6.92 Å². The Morgan fingerprint density at radius 2 is 2.45 bits per heavy atom. The summed E-state index contributed by atoms with van der Waals surface area (Å²) in [5, 5.41) is 22.0. The molecule has 0 bridgehead atoms. The van der Waals surface area contributed by atoms with Gasteiger partial charge < -0.3 is 5.21 Å². The van der Waals surface area contributed by atoms with Crippen LogP contribution in [-0.4, -0.2) is 31.5 Å². The van der Waals surface area contributed by atoms with Crippen molar-refractivity contribution in [1.82, 2.24) is 20.4 Å². The summed E-state index contributed by atoms with van der Waals surface area (Å²) >= 11 is 0. The molecule has 1 rings (SSSR count). The van der Waals surface area contributed by atoms with E-state index in [0.29, 0.717) is 12.3 Å². The molecule has 0 fully saturated rings. The second-order valence-corrected chi connectivity index (χ2v) is 1.92. The summed E-state index contributed by atoms with van der Waals surface area (Å²) in [4.78, 5) is 2.68. The van der Waals surface area contributed by atoms with E-state index in [9.17, 15) is 0 Å². The molecule has 7 nitrogen and oxygen atoms in total. The van der Waals surface area contributed by atoms with Crippen LogP contribution in [0.1, 0.15) is 13.3 Å². The predicted octanol–water partition coefficient (Wildman–Crippen LogP) is -1.46. The molecule has 0 unspecified atom stereocenters. The molecule has 0 atom stereocenters. The molecule has 0 radical (unpaired) electrons. The van der Waals surface area contributed by atoms with Crippen LogP contribution in [0, 0.1) is 0 Å². The maximum atomic E-state index is 8.48. The zero-order valence-electron chi connectivity index (χ0n) is 6.34. The molecule has 1 aromatic rings. The second kappa shape index (κ2) is 3.04. The number of hydrogen-bond acceptors (Lipinski definition) is 5. The summed E-state index contributed by atoms with van der Waals surface area (Å²) in [7, 11) is 1.65. The summed E-state index contributed by atoms with van der Waals surface area (Å²) in [6.45, 7) is 1.84. The summed E-state index contributed by atoms with van der Waals surface area (Å²) in [5.74, 6) is 0.400. The van der Waals surface area contributed by atoms with Gasteiger partial charge in [0.25, 0.3) is 0 Å². The van der Waals surface area contributed by atoms with Crippen molar-refractivity contribution in [3.05, 3.63) is 0 Å². The van der Waals surface area contributed by atoms with Gasteiger partial charge in [-0.3, -0.25) is 0 Å². The molecule has 0 saturated heterocycles. The third-order valence-electron chi connectivity index (χ3n) is 1.23. The smallest absolute Gasteiger partial charge is 0.231 e.